The average Bonchev–Trinajstić information content (AvgIpc) is 2.89. The normalized spacial score (nSPS) is 23.8. The first-order valence-electron chi connectivity index (χ1n) is 6.32. The fraction of sp³-hybridized carbons (Fsp3) is 0.500. The number of halogens is 2. The molecule has 5 heteroatoms. The van der Waals surface area contributed by atoms with Crippen molar-refractivity contribution in [1.82, 2.24) is 0 Å². The summed E-state index contributed by atoms with van der Waals surface area (Å²) in [7, 11) is 0. The van der Waals surface area contributed by atoms with Gasteiger partial charge >= 0.3 is 0 Å². The number of para-hydroxylation sites is 2. The molecule has 1 amide bonds. The fourth-order valence-corrected chi connectivity index (χ4v) is 2.52. The molecule has 1 aliphatic rings. The van der Waals surface area contributed by atoms with Crippen molar-refractivity contribution in [2.75, 3.05) is 11.9 Å². The topological polar surface area (TPSA) is 38.3 Å². The molecule has 1 aliphatic carbocycles. The lowest BCUT2D eigenvalue weighted by molar-refractivity contribution is -0.120. The number of carbonyl (C=O) groups is 1. The number of amides is 1. The Morgan fingerprint density at radius 3 is 2.63 bits per heavy atom. The Bertz CT molecular complexity index is 490. The molecule has 2 rings (SSSR count). The minimum absolute atomic E-state index is 0.176. The Hall–Kier alpha value is -0.930. The third kappa shape index (κ3) is 2.82. The summed E-state index contributed by atoms with van der Waals surface area (Å²) in [5.74, 6) is 0.488. The number of rotatable bonds is 5. The summed E-state index contributed by atoms with van der Waals surface area (Å²) in [5.41, 5.74) is -0.0771. The molecule has 3 nitrogen and oxygen atoms in total. The van der Waals surface area contributed by atoms with Crippen molar-refractivity contribution < 1.29 is 9.53 Å². The van der Waals surface area contributed by atoms with Crippen LogP contribution in [0.2, 0.25) is 0 Å². The molecule has 19 heavy (non-hydrogen) atoms. The molecule has 1 aromatic carbocycles. The molecule has 0 saturated heterocycles. The Balaban J connectivity index is 2.09. The highest BCUT2D eigenvalue weighted by molar-refractivity contribution is 6.53. The smallest absolute Gasteiger partial charge is 0.233 e. The van der Waals surface area contributed by atoms with Gasteiger partial charge in [0.2, 0.25) is 5.91 Å². The molecule has 1 fully saturated rings. The Morgan fingerprint density at radius 2 is 2.05 bits per heavy atom. The summed E-state index contributed by atoms with van der Waals surface area (Å²) < 4.78 is 4.63. The van der Waals surface area contributed by atoms with Gasteiger partial charge in [0.05, 0.1) is 17.7 Å². The third-order valence-electron chi connectivity index (χ3n) is 3.36. The summed E-state index contributed by atoms with van der Waals surface area (Å²) >= 11 is 12.0. The average molecular weight is 302 g/mol. The van der Waals surface area contributed by atoms with Crippen LogP contribution in [0.15, 0.2) is 24.3 Å². The fourth-order valence-electron chi connectivity index (χ4n) is 1.81. The van der Waals surface area contributed by atoms with E-state index in [1.54, 1.807) is 13.0 Å². The summed E-state index contributed by atoms with van der Waals surface area (Å²) in [6.07, 6.45) is 1.37. The zero-order chi connectivity index (χ0) is 14.1. The van der Waals surface area contributed by atoms with Crippen LogP contribution in [0.5, 0.6) is 5.75 Å². The molecule has 0 spiro atoms. The highest BCUT2D eigenvalue weighted by atomic mass is 35.5. The van der Waals surface area contributed by atoms with E-state index in [4.69, 9.17) is 27.9 Å². The SMILES string of the molecule is CCCOc1ccccc1NC(=O)C1(C)CC1(Cl)Cl. The molecule has 0 aliphatic heterocycles. The summed E-state index contributed by atoms with van der Waals surface area (Å²) in [6, 6.07) is 7.35. The first-order chi connectivity index (χ1) is 8.90. The van der Waals surface area contributed by atoms with Crippen molar-refractivity contribution in [2.24, 2.45) is 5.41 Å². The second-order valence-corrected chi connectivity index (χ2v) is 6.50. The minimum Gasteiger partial charge on any atom is -0.491 e. The maximum absolute atomic E-state index is 12.2. The second kappa shape index (κ2) is 5.22. The molecule has 0 aromatic heterocycles. The summed E-state index contributed by atoms with van der Waals surface area (Å²) in [6.45, 7) is 4.40. The standard InChI is InChI=1S/C14H17Cl2NO2/c1-3-8-19-11-7-5-4-6-10(11)17-12(18)13(2)9-14(13,15)16/h4-7H,3,8-9H2,1-2H3,(H,17,18). The third-order valence-corrected chi connectivity index (χ3v) is 4.46. The van der Waals surface area contributed by atoms with Gasteiger partial charge < -0.3 is 10.1 Å². The van der Waals surface area contributed by atoms with Gasteiger partial charge in [-0.2, -0.15) is 0 Å². The van der Waals surface area contributed by atoms with E-state index in [9.17, 15) is 4.79 Å². The zero-order valence-corrected chi connectivity index (χ0v) is 12.5. The molecular weight excluding hydrogens is 285 g/mol. The van der Waals surface area contributed by atoms with Crippen LogP contribution in [0, 0.1) is 5.41 Å². The minimum atomic E-state index is -0.962. The van der Waals surface area contributed by atoms with Gasteiger partial charge in [0.1, 0.15) is 10.1 Å². The van der Waals surface area contributed by atoms with Crippen LogP contribution in [-0.4, -0.2) is 16.8 Å². The number of alkyl halides is 2. The van der Waals surface area contributed by atoms with Crippen LogP contribution in [0.1, 0.15) is 26.7 Å². The van der Waals surface area contributed by atoms with Crippen LogP contribution in [-0.2, 0) is 4.79 Å². The lowest BCUT2D eigenvalue weighted by Gasteiger charge is -2.15. The van der Waals surface area contributed by atoms with Crippen molar-refractivity contribution in [2.45, 2.75) is 31.0 Å². The molecule has 1 aromatic rings. The number of hydrogen-bond donors (Lipinski definition) is 1. The second-order valence-electron chi connectivity index (χ2n) is 5.01. The van der Waals surface area contributed by atoms with E-state index in [1.807, 2.05) is 25.1 Å². The number of carbonyl (C=O) groups excluding carboxylic acids is 1. The van der Waals surface area contributed by atoms with Gasteiger partial charge in [-0.1, -0.05) is 19.1 Å². The zero-order valence-electron chi connectivity index (χ0n) is 11.0. The van der Waals surface area contributed by atoms with E-state index >= 15 is 0 Å². The van der Waals surface area contributed by atoms with Crippen LogP contribution >= 0.6 is 23.2 Å². The molecule has 1 N–H and O–H groups in total. The van der Waals surface area contributed by atoms with Gasteiger partial charge in [0.25, 0.3) is 0 Å². The molecule has 1 saturated carbocycles. The van der Waals surface area contributed by atoms with Crippen LogP contribution in [0.3, 0.4) is 0 Å². The van der Waals surface area contributed by atoms with Crippen LogP contribution in [0.25, 0.3) is 0 Å². The van der Waals surface area contributed by atoms with Crippen molar-refractivity contribution in [3.63, 3.8) is 0 Å². The van der Waals surface area contributed by atoms with Crippen molar-refractivity contribution in [3.8, 4) is 5.75 Å². The highest BCUT2D eigenvalue weighted by Crippen LogP contribution is 2.64. The Morgan fingerprint density at radius 1 is 1.42 bits per heavy atom. The molecule has 0 bridgehead atoms. The van der Waals surface area contributed by atoms with Crippen LogP contribution < -0.4 is 10.1 Å². The van der Waals surface area contributed by atoms with Gasteiger partial charge in [-0.25, -0.2) is 0 Å². The van der Waals surface area contributed by atoms with Gasteiger partial charge in [0, 0.05) is 0 Å². The molecule has 1 unspecified atom stereocenters. The highest BCUT2D eigenvalue weighted by Gasteiger charge is 2.67. The Labute approximate surface area is 123 Å². The maximum atomic E-state index is 12.2. The van der Waals surface area contributed by atoms with Crippen LogP contribution in [0.4, 0.5) is 5.69 Å². The first kappa shape index (κ1) is 14.5. The lowest BCUT2D eigenvalue weighted by atomic mass is 10.1. The molecular formula is C14H17Cl2NO2. The monoisotopic (exact) mass is 301 g/mol. The quantitative estimate of drug-likeness (QED) is 0.835. The number of nitrogens with one attached hydrogen (secondary N) is 1. The predicted molar refractivity (Wildman–Crippen MR) is 78.0 cm³/mol. The van der Waals surface area contributed by atoms with Gasteiger partial charge in [-0.15, -0.1) is 23.2 Å². The van der Waals surface area contributed by atoms with Crippen molar-refractivity contribution in [1.29, 1.82) is 0 Å². The Kier molecular flexibility index (Phi) is 3.98. The number of anilines is 1. The van der Waals surface area contributed by atoms with Crippen molar-refractivity contribution >= 4 is 34.8 Å². The predicted octanol–water partition coefficient (Wildman–Crippen LogP) is 4.00. The molecule has 1 atom stereocenters. The van der Waals surface area contributed by atoms with E-state index in [0.29, 0.717) is 24.5 Å². The number of hydrogen-bond acceptors (Lipinski definition) is 2. The largest absolute Gasteiger partial charge is 0.491 e. The number of ether oxygens (including phenoxy) is 1. The number of benzene rings is 1. The van der Waals surface area contributed by atoms with Gasteiger partial charge in [-0.3, -0.25) is 4.79 Å². The van der Waals surface area contributed by atoms with E-state index < -0.39 is 9.75 Å². The van der Waals surface area contributed by atoms with E-state index in [-0.39, 0.29) is 5.91 Å². The van der Waals surface area contributed by atoms with Gasteiger partial charge in [-0.05, 0) is 31.9 Å². The molecule has 104 valence electrons. The van der Waals surface area contributed by atoms with Crippen molar-refractivity contribution in [3.05, 3.63) is 24.3 Å². The van der Waals surface area contributed by atoms with E-state index in [1.165, 1.54) is 0 Å². The van der Waals surface area contributed by atoms with Gasteiger partial charge in [0.15, 0.2) is 0 Å². The molecule has 0 heterocycles. The van der Waals surface area contributed by atoms with E-state index in [2.05, 4.69) is 5.32 Å². The summed E-state index contributed by atoms with van der Waals surface area (Å²) in [5, 5.41) is 2.84. The maximum Gasteiger partial charge on any atom is 0.233 e. The molecule has 0 radical (unpaired) electrons. The first-order valence-corrected chi connectivity index (χ1v) is 7.07. The summed E-state index contributed by atoms with van der Waals surface area (Å²) in [4.78, 5) is 12.2. The van der Waals surface area contributed by atoms with E-state index in [0.717, 1.165) is 6.42 Å². The lowest BCUT2D eigenvalue weighted by Crippen LogP contribution is -2.26.